The zero-order chi connectivity index (χ0) is 20.2. The zero-order valence-corrected chi connectivity index (χ0v) is 16.4. The topological polar surface area (TPSA) is 62.3 Å². The van der Waals surface area contributed by atoms with Gasteiger partial charge in [-0.3, -0.25) is 14.6 Å². The second kappa shape index (κ2) is 8.27. The summed E-state index contributed by atoms with van der Waals surface area (Å²) in [4.78, 5) is 31.8. The number of anilines is 1. The Balaban J connectivity index is 1.56. The fraction of sp³-hybridized carbons (Fsp3) is 0.208. The third-order valence-corrected chi connectivity index (χ3v) is 5.22. The molecule has 0 unspecified atom stereocenters. The Morgan fingerprint density at radius 1 is 1.03 bits per heavy atom. The number of para-hydroxylation sites is 1. The average molecular weight is 385 g/mol. The van der Waals surface area contributed by atoms with Crippen LogP contribution in [-0.2, 0) is 4.79 Å². The fourth-order valence-electron chi connectivity index (χ4n) is 3.74. The van der Waals surface area contributed by atoms with Crippen molar-refractivity contribution in [2.75, 3.05) is 18.4 Å². The molecular formula is C24H23N3O2. The van der Waals surface area contributed by atoms with E-state index >= 15 is 0 Å². The molecule has 0 saturated carbocycles. The number of nitrogens with zero attached hydrogens (tertiary/aromatic N) is 2. The van der Waals surface area contributed by atoms with Gasteiger partial charge in [-0.15, -0.1) is 0 Å². The van der Waals surface area contributed by atoms with E-state index in [9.17, 15) is 9.59 Å². The first-order chi connectivity index (χ1) is 14.1. The van der Waals surface area contributed by atoms with E-state index in [0.717, 1.165) is 48.0 Å². The van der Waals surface area contributed by atoms with Crippen LogP contribution < -0.4 is 5.32 Å². The second-order valence-corrected chi connectivity index (χ2v) is 7.24. The van der Waals surface area contributed by atoms with Crippen LogP contribution in [0.5, 0.6) is 0 Å². The molecule has 1 fully saturated rings. The monoisotopic (exact) mass is 385 g/mol. The lowest BCUT2D eigenvalue weighted by atomic mass is 10.0. The number of aromatic nitrogens is 1. The smallest absolute Gasteiger partial charge is 0.256 e. The fourth-order valence-corrected chi connectivity index (χ4v) is 3.74. The SMILES string of the molecule is Cc1cccc(NC(=O)/C=C/c2cccc3cccnc23)c1C(=O)N1CCCC1. The van der Waals surface area contributed by atoms with Gasteiger partial charge in [-0.25, -0.2) is 0 Å². The quantitative estimate of drug-likeness (QED) is 0.676. The van der Waals surface area contributed by atoms with Gasteiger partial charge in [0.1, 0.15) is 0 Å². The number of rotatable bonds is 4. The number of nitrogens with one attached hydrogen (secondary N) is 1. The summed E-state index contributed by atoms with van der Waals surface area (Å²) < 4.78 is 0. The Hall–Kier alpha value is -3.47. The highest BCUT2D eigenvalue weighted by atomic mass is 16.2. The molecule has 1 aliphatic heterocycles. The van der Waals surface area contributed by atoms with Crippen molar-refractivity contribution >= 4 is 34.5 Å². The lowest BCUT2D eigenvalue weighted by Gasteiger charge is -2.19. The number of pyridine rings is 1. The maximum Gasteiger partial charge on any atom is 0.256 e. The van der Waals surface area contributed by atoms with Crippen LogP contribution in [0.4, 0.5) is 5.69 Å². The number of carbonyl (C=O) groups is 2. The molecule has 3 aromatic rings. The van der Waals surface area contributed by atoms with E-state index in [1.807, 2.05) is 54.3 Å². The molecule has 0 radical (unpaired) electrons. The molecule has 4 rings (SSSR count). The van der Waals surface area contributed by atoms with Crippen LogP contribution in [0, 0.1) is 6.92 Å². The molecular weight excluding hydrogens is 362 g/mol. The Bertz CT molecular complexity index is 1090. The minimum Gasteiger partial charge on any atom is -0.339 e. The van der Waals surface area contributed by atoms with Gasteiger partial charge in [-0.2, -0.15) is 0 Å². The second-order valence-electron chi connectivity index (χ2n) is 7.24. The minimum atomic E-state index is -0.279. The number of hydrogen-bond donors (Lipinski definition) is 1. The molecule has 1 saturated heterocycles. The van der Waals surface area contributed by atoms with E-state index < -0.39 is 0 Å². The summed E-state index contributed by atoms with van der Waals surface area (Å²) in [6.45, 7) is 3.44. The highest BCUT2D eigenvalue weighted by Crippen LogP contribution is 2.24. The van der Waals surface area contributed by atoms with E-state index in [2.05, 4.69) is 10.3 Å². The van der Waals surface area contributed by atoms with E-state index in [1.54, 1.807) is 18.3 Å². The highest BCUT2D eigenvalue weighted by molar-refractivity contribution is 6.08. The number of likely N-dealkylation sites (tertiary alicyclic amines) is 1. The van der Waals surface area contributed by atoms with Gasteiger partial charge >= 0.3 is 0 Å². The van der Waals surface area contributed by atoms with Crippen LogP contribution in [0.1, 0.15) is 34.3 Å². The average Bonchev–Trinajstić information content (AvgIpc) is 3.27. The van der Waals surface area contributed by atoms with Crippen LogP contribution in [-0.4, -0.2) is 34.8 Å². The lowest BCUT2D eigenvalue weighted by molar-refractivity contribution is -0.111. The molecule has 2 aromatic carbocycles. The van der Waals surface area contributed by atoms with Crippen molar-refractivity contribution in [1.82, 2.24) is 9.88 Å². The zero-order valence-electron chi connectivity index (χ0n) is 16.4. The first kappa shape index (κ1) is 18.9. The molecule has 0 bridgehead atoms. The predicted octanol–water partition coefficient (Wildman–Crippen LogP) is 4.43. The summed E-state index contributed by atoms with van der Waals surface area (Å²) in [7, 11) is 0. The van der Waals surface area contributed by atoms with Gasteiger partial charge in [0.25, 0.3) is 5.91 Å². The summed E-state index contributed by atoms with van der Waals surface area (Å²) in [6.07, 6.45) is 7.03. The van der Waals surface area contributed by atoms with Crippen LogP contribution in [0.2, 0.25) is 0 Å². The molecule has 0 spiro atoms. The molecule has 1 aromatic heterocycles. The van der Waals surface area contributed by atoms with Crippen molar-refractivity contribution in [1.29, 1.82) is 0 Å². The van der Waals surface area contributed by atoms with Gasteiger partial charge in [0.2, 0.25) is 5.91 Å². The summed E-state index contributed by atoms with van der Waals surface area (Å²) >= 11 is 0. The number of aryl methyl sites for hydroxylation is 1. The Labute approximate surface area is 170 Å². The van der Waals surface area contributed by atoms with Gasteiger partial charge < -0.3 is 10.2 Å². The van der Waals surface area contributed by atoms with Crippen molar-refractivity contribution in [2.24, 2.45) is 0 Å². The number of fused-ring (bicyclic) bond motifs is 1. The van der Waals surface area contributed by atoms with Crippen molar-refractivity contribution in [3.8, 4) is 0 Å². The molecule has 0 atom stereocenters. The van der Waals surface area contributed by atoms with Crippen LogP contribution in [0.25, 0.3) is 17.0 Å². The Morgan fingerprint density at radius 3 is 2.62 bits per heavy atom. The predicted molar refractivity (Wildman–Crippen MR) is 116 cm³/mol. The van der Waals surface area contributed by atoms with Crippen molar-refractivity contribution in [3.05, 3.63) is 77.5 Å². The van der Waals surface area contributed by atoms with E-state index in [4.69, 9.17) is 0 Å². The summed E-state index contributed by atoms with van der Waals surface area (Å²) in [5.74, 6) is -0.294. The van der Waals surface area contributed by atoms with Crippen LogP contribution >= 0.6 is 0 Å². The van der Waals surface area contributed by atoms with Gasteiger partial charge in [-0.05, 0) is 43.5 Å². The normalized spacial score (nSPS) is 13.9. The summed E-state index contributed by atoms with van der Waals surface area (Å²) in [5.41, 5.74) is 3.70. The lowest BCUT2D eigenvalue weighted by Crippen LogP contribution is -2.29. The number of benzene rings is 2. The largest absolute Gasteiger partial charge is 0.339 e. The molecule has 2 amide bonds. The van der Waals surface area contributed by atoms with E-state index in [0.29, 0.717) is 11.3 Å². The molecule has 146 valence electrons. The van der Waals surface area contributed by atoms with Crippen molar-refractivity contribution in [2.45, 2.75) is 19.8 Å². The maximum atomic E-state index is 12.9. The standard InChI is InChI=1S/C24H23N3O2/c1-17-7-4-11-20(22(17)24(29)27-15-2-3-16-27)26-21(28)13-12-19-9-5-8-18-10-6-14-25-23(18)19/h4-14H,2-3,15-16H2,1H3,(H,26,28)/b13-12+. The Morgan fingerprint density at radius 2 is 1.79 bits per heavy atom. The van der Waals surface area contributed by atoms with E-state index in [-0.39, 0.29) is 11.8 Å². The molecule has 1 aliphatic rings. The minimum absolute atomic E-state index is 0.0156. The van der Waals surface area contributed by atoms with Crippen molar-refractivity contribution < 1.29 is 9.59 Å². The van der Waals surface area contributed by atoms with Gasteiger partial charge in [-0.1, -0.05) is 36.4 Å². The van der Waals surface area contributed by atoms with Crippen molar-refractivity contribution in [3.63, 3.8) is 0 Å². The number of hydrogen-bond acceptors (Lipinski definition) is 3. The first-order valence-corrected chi connectivity index (χ1v) is 9.85. The molecule has 1 N–H and O–H groups in total. The first-order valence-electron chi connectivity index (χ1n) is 9.85. The van der Waals surface area contributed by atoms with Crippen LogP contribution in [0.3, 0.4) is 0 Å². The number of amides is 2. The van der Waals surface area contributed by atoms with Crippen LogP contribution in [0.15, 0.2) is 60.8 Å². The van der Waals surface area contributed by atoms with E-state index in [1.165, 1.54) is 6.08 Å². The highest BCUT2D eigenvalue weighted by Gasteiger charge is 2.23. The van der Waals surface area contributed by atoms with Gasteiger partial charge in [0.05, 0.1) is 16.8 Å². The molecule has 5 nitrogen and oxygen atoms in total. The Kier molecular flexibility index (Phi) is 5.38. The summed E-state index contributed by atoms with van der Waals surface area (Å²) in [6, 6.07) is 15.3. The van der Waals surface area contributed by atoms with Gasteiger partial charge in [0, 0.05) is 36.3 Å². The summed E-state index contributed by atoms with van der Waals surface area (Å²) in [5, 5.41) is 3.90. The third-order valence-electron chi connectivity index (χ3n) is 5.22. The molecule has 0 aliphatic carbocycles. The maximum absolute atomic E-state index is 12.9. The molecule has 5 heteroatoms. The molecule has 2 heterocycles. The molecule has 29 heavy (non-hydrogen) atoms. The van der Waals surface area contributed by atoms with Gasteiger partial charge in [0.15, 0.2) is 0 Å². The number of carbonyl (C=O) groups excluding carboxylic acids is 2. The third kappa shape index (κ3) is 4.04.